The highest BCUT2D eigenvalue weighted by molar-refractivity contribution is 5.68. The fourth-order valence-corrected chi connectivity index (χ4v) is 1.99. The van der Waals surface area contributed by atoms with Gasteiger partial charge in [0.2, 0.25) is 0 Å². The molecule has 1 aromatic carbocycles. The van der Waals surface area contributed by atoms with E-state index >= 15 is 0 Å². The molecule has 1 aliphatic heterocycles. The van der Waals surface area contributed by atoms with Gasteiger partial charge in [0.15, 0.2) is 6.23 Å². The van der Waals surface area contributed by atoms with E-state index in [-0.39, 0.29) is 18.2 Å². The van der Waals surface area contributed by atoms with Gasteiger partial charge in [0.1, 0.15) is 11.7 Å². The molecule has 0 saturated carbocycles. The summed E-state index contributed by atoms with van der Waals surface area (Å²) in [5, 5.41) is 2.73. The maximum Gasteiger partial charge on any atom is 0.409 e. The van der Waals surface area contributed by atoms with Crippen molar-refractivity contribution in [1.82, 2.24) is 5.32 Å². The lowest BCUT2D eigenvalue weighted by atomic mass is 9.98. The quantitative estimate of drug-likeness (QED) is 0.853. The highest BCUT2D eigenvalue weighted by Gasteiger charge is 2.45. The number of epoxide rings is 1. The summed E-state index contributed by atoms with van der Waals surface area (Å²) in [6, 6.07) is 10.1. The number of hydrogen-bond donors (Lipinski definition) is 1. The average molecular weight is 263 g/mol. The van der Waals surface area contributed by atoms with E-state index in [1.165, 1.54) is 5.56 Å². The van der Waals surface area contributed by atoms with Gasteiger partial charge in [0.25, 0.3) is 0 Å². The van der Waals surface area contributed by atoms with Crippen LogP contribution in [0.5, 0.6) is 0 Å². The molecule has 1 amide bonds. The summed E-state index contributed by atoms with van der Waals surface area (Å²) in [5.41, 5.74) is 0.723. The minimum Gasteiger partial charge on any atom is -0.444 e. The molecule has 0 aliphatic carbocycles. The van der Waals surface area contributed by atoms with E-state index in [9.17, 15) is 4.79 Å². The number of nitrogens with one attached hydrogen (secondary N) is 1. The average Bonchev–Trinajstić information content (AvgIpc) is 3.06. The fourth-order valence-electron chi connectivity index (χ4n) is 1.99. The molecule has 1 N–H and O–H groups in total. The van der Waals surface area contributed by atoms with Crippen LogP contribution >= 0.6 is 0 Å². The maximum absolute atomic E-state index is 11.6. The number of carbonyl (C=O) groups is 1. The second-order valence-corrected chi connectivity index (χ2v) is 5.87. The van der Waals surface area contributed by atoms with Gasteiger partial charge in [-0.05, 0) is 26.3 Å². The third kappa shape index (κ3) is 3.96. The predicted octanol–water partition coefficient (Wildman–Crippen LogP) is 3.04. The highest BCUT2D eigenvalue weighted by atomic mass is 16.6. The third-order valence-electron chi connectivity index (χ3n) is 3.00. The van der Waals surface area contributed by atoms with E-state index in [1.807, 2.05) is 39.0 Å². The van der Waals surface area contributed by atoms with Gasteiger partial charge < -0.3 is 9.47 Å². The first kappa shape index (κ1) is 13.9. The Hall–Kier alpha value is -1.55. The summed E-state index contributed by atoms with van der Waals surface area (Å²) in [4.78, 5) is 11.6. The van der Waals surface area contributed by atoms with Crippen molar-refractivity contribution in [1.29, 1.82) is 0 Å². The van der Waals surface area contributed by atoms with E-state index in [0.717, 1.165) is 0 Å². The normalized spacial score (nSPS) is 23.6. The minimum atomic E-state index is -0.487. The molecule has 4 nitrogen and oxygen atoms in total. The number of alkyl carbamates (subject to hydrolysis) is 1. The highest BCUT2D eigenvalue weighted by Crippen LogP contribution is 2.34. The van der Waals surface area contributed by atoms with Gasteiger partial charge in [-0.15, -0.1) is 0 Å². The lowest BCUT2D eigenvalue weighted by molar-refractivity contribution is 0.0503. The molecule has 0 aromatic heterocycles. The Morgan fingerprint density at radius 3 is 2.53 bits per heavy atom. The Morgan fingerprint density at radius 1 is 1.32 bits per heavy atom. The number of carbonyl (C=O) groups excluding carboxylic acids is 1. The SMILES string of the molecule is CC(c1ccccc1)C1OC1NC(=O)OC(C)(C)C. The van der Waals surface area contributed by atoms with Gasteiger partial charge in [-0.2, -0.15) is 0 Å². The summed E-state index contributed by atoms with van der Waals surface area (Å²) < 4.78 is 10.7. The molecule has 1 aliphatic rings. The van der Waals surface area contributed by atoms with Crippen molar-refractivity contribution in [2.75, 3.05) is 0 Å². The zero-order valence-electron chi connectivity index (χ0n) is 11.8. The van der Waals surface area contributed by atoms with Crippen LogP contribution in [0, 0.1) is 0 Å². The van der Waals surface area contributed by atoms with Crippen molar-refractivity contribution in [3.8, 4) is 0 Å². The Bertz CT molecular complexity index is 438. The van der Waals surface area contributed by atoms with Crippen molar-refractivity contribution in [3.63, 3.8) is 0 Å². The molecular weight excluding hydrogens is 242 g/mol. The smallest absolute Gasteiger partial charge is 0.409 e. The molecule has 1 heterocycles. The van der Waals surface area contributed by atoms with E-state index in [2.05, 4.69) is 24.4 Å². The Morgan fingerprint density at radius 2 is 1.95 bits per heavy atom. The van der Waals surface area contributed by atoms with Crippen LogP contribution in [0.2, 0.25) is 0 Å². The molecule has 0 bridgehead atoms. The monoisotopic (exact) mass is 263 g/mol. The predicted molar refractivity (Wildman–Crippen MR) is 72.9 cm³/mol. The molecular formula is C15H21NO3. The number of hydrogen-bond acceptors (Lipinski definition) is 3. The largest absolute Gasteiger partial charge is 0.444 e. The van der Waals surface area contributed by atoms with Crippen molar-refractivity contribution < 1.29 is 14.3 Å². The third-order valence-corrected chi connectivity index (χ3v) is 3.00. The molecule has 0 spiro atoms. The van der Waals surface area contributed by atoms with Crippen LogP contribution in [0.25, 0.3) is 0 Å². The molecule has 104 valence electrons. The second kappa shape index (κ2) is 5.21. The van der Waals surface area contributed by atoms with E-state index in [4.69, 9.17) is 9.47 Å². The lowest BCUT2D eigenvalue weighted by Crippen LogP contribution is -2.35. The van der Waals surface area contributed by atoms with Gasteiger partial charge in [-0.25, -0.2) is 4.79 Å². The van der Waals surface area contributed by atoms with Crippen LogP contribution in [-0.4, -0.2) is 24.0 Å². The molecule has 3 unspecified atom stereocenters. The van der Waals surface area contributed by atoms with Crippen molar-refractivity contribution >= 4 is 6.09 Å². The molecule has 19 heavy (non-hydrogen) atoms. The van der Waals surface area contributed by atoms with Crippen LogP contribution < -0.4 is 5.32 Å². The van der Waals surface area contributed by atoms with Crippen LogP contribution in [0.1, 0.15) is 39.2 Å². The van der Waals surface area contributed by atoms with Gasteiger partial charge in [0, 0.05) is 5.92 Å². The zero-order chi connectivity index (χ0) is 14.0. The molecule has 1 fully saturated rings. The van der Waals surface area contributed by atoms with Gasteiger partial charge in [-0.1, -0.05) is 37.3 Å². The van der Waals surface area contributed by atoms with Crippen LogP contribution in [0.3, 0.4) is 0 Å². The standard InChI is InChI=1S/C15H21NO3/c1-10(11-8-6-5-7-9-11)12-13(18-12)16-14(17)19-15(2,3)4/h5-10,12-13H,1-4H3,(H,16,17). The van der Waals surface area contributed by atoms with E-state index in [0.29, 0.717) is 0 Å². The summed E-state index contributed by atoms with van der Waals surface area (Å²) in [7, 11) is 0. The molecule has 3 atom stereocenters. The summed E-state index contributed by atoms with van der Waals surface area (Å²) in [5.74, 6) is 0.251. The number of benzene rings is 1. The number of ether oxygens (including phenoxy) is 2. The van der Waals surface area contributed by atoms with Crippen LogP contribution in [0.15, 0.2) is 30.3 Å². The Labute approximate surface area is 114 Å². The maximum atomic E-state index is 11.6. The Kier molecular flexibility index (Phi) is 3.80. The van der Waals surface area contributed by atoms with E-state index in [1.54, 1.807) is 0 Å². The van der Waals surface area contributed by atoms with Crippen LogP contribution in [-0.2, 0) is 9.47 Å². The molecule has 4 heteroatoms. The van der Waals surface area contributed by atoms with Crippen LogP contribution in [0.4, 0.5) is 4.79 Å². The fraction of sp³-hybridized carbons (Fsp3) is 0.533. The lowest BCUT2D eigenvalue weighted by Gasteiger charge is -2.19. The number of rotatable bonds is 3. The first-order valence-corrected chi connectivity index (χ1v) is 6.57. The Balaban J connectivity index is 1.83. The van der Waals surface area contributed by atoms with Gasteiger partial charge in [0.05, 0.1) is 0 Å². The molecule has 1 saturated heterocycles. The molecule has 2 rings (SSSR count). The van der Waals surface area contributed by atoms with E-state index < -0.39 is 11.7 Å². The molecule has 1 aromatic rings. The van der Waals surface area contributed by atoms with Crippen molar-refractivity contribution in [2.24, 2.45) is 0 Å². The molecule has 0 radical (unpaired) electrons. The number of amides is 1. The van der Waals surface area contributed by atoms with Gasteiger partial charge in [-0.3, -0.25) is 5.32 Å². The first-order valence-electron chi connectivity index (χ1n) is 6.57. The minimum absolute atomic E-state index is 0.0231. The summed E-state index contributed by atoms with van der Waals surface area (Å²) in [6.45, 7) is 7.61. The summed E-state index contributed by atoms with van der Waals surface area (Å²) >= 11 is 0. The first-order chi connectivity index (χ1) is 8.87. The topological polar surface area (TPSA) is 50.9 Å². The second-order valence-electron chi connectivity index (χ2n) is 5.87. The van der Waals surface area contributed by atoms with Crippen molar-refractivity contribution in [3.05, 3.63) is 35.9 Å². The summed E-state index contributed by atoms with van der Waals surface area (Å²) in [6.07, 6.45) is -0.653. The van der Waals surface area contributed by atoms with Gasteiger partial charge >= 0.3 is 6.09 Å². The van der Waals surface area contributed by atoms with Crippen molar-refractivity contribution in [2.45, 2.75) is 51.5 Å². The zero-order valence-corrected chi connectivity index (χ0v) is 11.8.